The molecule has 0 aromatic heterocycles. The lowest BCUT2D eigenvalue weighted by atomic mass is 10.1. The molecule has 1 atom stereocenters. The van der Waals surface area contributed by atoms with Gasteiger partial charge in [0.05, 0.1) is 4.92 Å². The van der Waals surface area contributed by atoms with E-state index in [1.165, 1.54) is 18.2 Å². The van der Waals surface area contributed by atoms with Crippen LogP contribution in [0.5, 0.6) is 0 Å². The van der Waals surface area contributed by atoms with Crippen molar-refractivity contribution in [2.75, 3.05) is 29.9 Å². The van der Waals surface area contributed by atoms with Crippen molar-refractivity contribution in [2.45, 2.75) is 13.8 Å². The Hall–Kier alpha value is -1.96. The van der Waals surface area contributed by atoms with Crippen LogP contribution in [-0.4, -0.2) is 39.6 Å². The lowest BCUT2D eigenvalue weighted by Crippen LogP contribution is -2.28. The fourth-order valence-electron chi connectivity index (χ4n) is 1.69. The van der Waals surface area contributed by atoms with Crippen LogP contribution in [0.15, 0.2) is 18.2 Å². The fourth-order valence-corrected chi connectivity index (χ4v) is 2.31. The third-order valence-electron chi connectivity index (χ3n) is 2.76. The Morgan fingerprint density at radius 2 is 2.10 bits per heavy atom. The van der Waals surface area contributed by atoms with E-state index in [9.17, 15) is 19.1 Å². The highest BCUT2D eigenvalue weighted by atomic mass is 32.2. The van der Waals surface area contributed by atoms with Crippen LogP contribution in [0.3, 0.4) is 0 Å². The largest absolute Gasteiger partial charge is 0.380 e. The summed E-state index contributed by atoms with van der Waals surface area (Å²) in [6, 6.07) is 4.16. The Morgan fingerprint density at radius 3 is 2.67 bits per heavy atom. The molecule has 0 saturated heterocycles. The van der Waals surface area contributed by atoms with E-state index in [2.05, 4.69) is 10.6 Å². The fraction of sp³-hybridized carbons (Fsp3) is 0.462. The molecule has 0 radical (unpaired) electrons. The number of hydrogen-bond donors (Lipinski definition) is 2. The summed E-state index contributed by atoms with van der Waals surface area (Å²) < 4.78 is 11.3. The lowest BCUT2D eigenvalue weighted by molar-refractivity contribution is -0.384. The number of amides is 1. The van der Waals surface area contributed by atoms with E-state index in [1.807, 2.05) is 13.8 Å². The van der Waals surface area contributed by atoms with Crippen molar-refractivity contribution in [3.05, 3.63) is 33.9 Å². The molecule has 0 bridgehead atoms. The van der Waals surface area contributed by atoms with Gasteiger partial charge in [0.15, 0.2) is 0 Å². The summed E-state index contributed by atoms with van der Waals surface area (Å²) in [5.41, 5.74) is 0.576. The van der Waals surface area contributed by atoms with Crippen molar-refractivity contribution in [1.82, 2.24) is 5.32 Å². The van der Waals surface area contributed by atoms with Gasteiger partial charge in [-0.3, -0.25) is 19.1 Å². The minimum Gasteiger partial charge on any atom is -0.380 e. The number of benzene rings is 1. The molecule has 0 aliphatic heterocycles. The van der Waals surface area contributed by atoms with E-state index < -0.39 is 15.7 Å². The molecule has 1 amide bonds. The van der Waals surface area contributed by atoms with Gasteiger partial charge in [-0.05, 0) is 19.1 Å². The zero-order valence-electron chi connectivity index (χ0n) is 12.0. The van der Waals surface area contributed by atoms with Gasteiger partial charge in [0, 0.05) is 47.0 Å². The van der Waals surface area contributed by atoms with Gasteiger partial charge in [0.2, 0.25) is 0 Å². The monoisotopic (exact) mass is 313 g/mol. The molecule has 0 heterocycles. The van der Waals surface area contributed by atoms with Gasteiger partial charge in [-0.2, -0.15) is 0 Å². The first kappa shape index (κ1) is 17.1. The van der Waals surface area contributed by atoms with Crippen molar-refractivity contribution in [3.63, 3.8) is 0 Å². The Kier molecular flexibility index (Phi) is 6.80. The molecule has 0 aliphatic carbocycles. The summed E-state index contributed by atoms with van der Waals surface area (Å²) in [6.07, 6.45) is 0. The first-order valence-corrected chi connectivity index (χ1v) is 8.13. The van der Waals surface area contributed by atoms with E-state index in [0.717, 1.165) is 0 Å². The Morgan fingerprint density at radius 1 is 1.38 bits per heavy atom. The highest BCUT2D eigenvalue weighted by molar-refractivity contribution is 7.84. The molecule has 116 valence electrons. The number of carbonyl (C=O) groups excluding carboxylic acids is 1. The maximum absolute atomic E-state index is 11.9. The van der Waals surface area contributed by atoms with E-state index in [1.54, 1.807) is 0 Å². The summed E-state index contributed by atoms with van der Waals surface area (Å²) in [6.45, 7) is 4.46. The molecule has 8 heteroatoms. The Balaban J connectivity index is 2.78. The minimum atomic E-state index is -0.933. The molecular weight excluding hydrogens is 294 g/mol. The van der Waals surface area contributed by atoms with Crippen LogP contribution in [-0.2, 0) is 10.8 Å². The van der Waals surface area contributed by atoms with Gasteiger partial charge in [0.25, 0.3) is 11.6 Å². The Labute approximate surface area is 125 Å². The standard InChI is InChI=1S/C13H19N3O4S/c1-3-14-11-9-10(5-6-12(11)16(18)19)13(17)15-7-8-21(20)4-2/h5-6,9,14H,3-4,7-8H2,1-2H3,(H,15,17). The minimum absolute atomic E-state index is 0.0690. The van der Waals surface area contributed by atoms with Crippen molar-refractivity contribution in [2.24, 2.45) is 0 Å². The molecule has 2 N–H and O–H groups in total. The summed E-state index contributed by atoms with van der Waals surface area (Å²) >= 11 is 0. The number of nitrogens with zero attached hydrogens (tertiary/aromatic N) is 1. The van der Waals surface area contributed by atoms with Crippen LogP contribution < -0.4 is 10.6 Å². The number of carbonyl (C=O) groups is 1. The van der Waals surface area contributed by atoms with Gasteiger partial charge >= 0.3 is 0 Å². The number of nitro groups is 1. The molecule has 1 unspecified atom stereocenters. The second-order valence-electron chi connectivity index (χ2n) is 4.21. The normalized spacial score (nSPS) is 11.7. The van der Waals surface area contributed by atoms with E-state index in [-0.39, 0.29) is 11.6 Å². The molecule has 21 heavy (non-hydrogen) atoms. The molecule has 0 fully saturated rings. The predicted octanol–water partition coefficient (Wildman–Crippen LogP) is 1.52. The van der Waals surface area contributed by atoms with Gasteiger partial charge in [-0.1, -0.05) is 6.92 Å². The first-order chi connectivity index (χ1) is 9.99. The number of anilines is 1. The summed E-state index contributed by atoms with van der Waals surface area (Å²) in [7, 11) is -0.933. The quantitative estimate of drug-likeness (QED) is 0.560. The SMILES string of the molecule is CCNc1cc(C(=O)NCCS(=O)CC)ccc1[N+](=O)[O-]. The van der Waals surface area contributed by atoms with E-state index in [4.69, 9.17) is 0 Å². The second kappa shape index (κ2) is 8.35. The molecule has 1 aromatic rings. The van der Waals surface area contributed by atoms with E-state index >= 15 is 0 Å². The summed E-state index contributed by atoms with van der Waals surface area (Å²) in [4.78, 5) is 22.3. The average Bonchev–Trinajstić information content (AvgIpc) is 2.46. The highest BCUT2D eigenvalue weighted by Crippen LogP contribution is 2.25. The molecular formula is C13H19N3O4S. The highest BCUT2D eigenvalue weighted by Gasteiger charge is 2.16. The number of rotatable bonds is 8. The summed E-state index contributed by atoms with van der Waals surface area (Å²) in [5, 5.41) is 16.4. The van der Waals surface area contributed by atoms with Crippen molar-refractivity contribution in [1.29, 1.82) is 0 Å². The Bertz CT molecular complexity index is 548. The van der Waals surface area contributed by atoms with Gasteiger partial charge in [-0.15, -0.1) is 0 Å². The van der Waals surface area contributed by atoms with Crippen molar-refractivity contribution < 1.29 is 13.9 Å². The van der Waals surface area contributed by atoms with Crippen molar-refractivity contribution >= 4 is 28.1 Å². The third-order valence-corrected chi connectivity index (χ3v) is 4.06. The summed E-state index contributed by atoms with van der Waals surface area (Å²) in [5.74, 6) is 0.616. The average molecular weight is 313 g/mol. The van der Waals surface area contributed by atoms with Crippen LogP contribution in [0, 0.1) is 10.1 Å². The zero-order chi connectivity index (χ0) is 15.8. The first-order valence-electron chi connectivity index (χ1n) is 6.65. The maximum Gasteiger partial charge on any atom is 0.292 e. The molecule has 0 saturated carbocycles. The number of nitro benzene ring substituents is 1. The second-order valence-corrected chi connectivity index (χ2v) is 6.07. The van der Waals surface area contributed by atoms with Crippen LogP contribution in [0.2, 0.25) is 0 Å². The molecule has 0 spiro atoms. The van der Waals surface area contributed by atoms with Crippen LogP contribution in [0.1, 0.15) is 24.2 Å². The van der Waals surface area contributed by atoms with Crippen LogP contribution >= 0.6 is 0 Å². The van der Waals surface area contributed by atoms with Crippen LogP contribution in [0.4, 0.5) is 11.4 Å². The van der Waals surface area contributed by atoms with Gasteiger partial charge in [-0.25, -0.2) is 0 Å². The van der Waals surface area contributed by atoms with E-state index in [0.29, 0.717) is 35.8 Å². The smallest absolute Gasteiger partial charge is 0.292 e. The molecule has 1 rings (SSSR count). The molecule has 1 aromatic carbocycles. The zero-order valence-corrected chi connectivity index (χ0v) is 12.9. The maximum atomic E-state index is 11.9. The van der Waals surface area contributed by atoms with Crippen molar-refractivity contribution in [3.8, 4) is 0 Å². The predicted molar refractivity (Wildman–Crippen MR) is 83.1 cm³/mol. The molecule has 7 nitrogen and oxygen atoms in total. The topological polar surface area (TPSA) is 101 Å². The van der Waals surface area contributed by atoms with Gasteiger partial charge < -0.3 is 10.6 Å². The van der Waals surface area contributed by atoms with Gasteiger partial charge in [0.1, 0.15) is 5.69 Å². The molecule has 0 aliphatic rings. The number of hydrogen-bond acceptors (Lipinski definition) is 5. The number of nitrogens with one attached hydrogen (secondary N) is 2. The van der Waals surface area contributed by atoms with Crippen LogP contribution in [0.25, 0.3) is 0 Å². The third kappa shape index (κ3) is 5.14. The lowest BCUT2D eigenvalue weighted by Gasteiger charge is -2.08.